The minimum Gasteiger partial charge on any atom is -0.278 e. The molecule has 146 valence electrons. The van der Waals surface area contributed by atoms with Gasteiger partial charge in [-0.25, -0.2) is 0 Å². The van der Waals surface area contributed by atoms with Crippen LogP contribution < -0.4 is 0 Å². The molecule has 0 saturated heterocycles. The van der Waals surface area contributed by atoms with Crippen molar-refractivity contribution in [3.05, 3.63) is 120 Å². The van der Waals surface area contributed by atoms with E-state index in [2.05, 4.69) is 113 Å². The van der Waals surface area contributed by atoms with Crippen molar-refractivity contribution in [1.29, 1.82) is 0 Å². The molecule has 0 radical (unpaired) electrons. The SMILES string of the molecule is Cc1ccc(-c2nnc(C3C=CC(c4ccccc4)=CC3)n2-c2ccccc2)cc1. The molecule has 0 saturated carbocycles. The Morgan fingerprint density at radius 1 is 0.767 bits per heavy atom. The summed E-state index contributed by atoms with van der Waals surface area (Å²) in [4.78, 5) is 0. The van der Waals surface area contributed by atoms with Crippen LogP contribution in [-0.4, -0.2) is 14.8 Å². The highest BCUT2D eigenvalue weighted by Gasteiger charge is 2.22. The van der Waals surface area contributed by atoms with Crippen LogP contribution in [0.1, 0.15) is 29.3 Å². The Morgan fingerprint density at radius 3 is 2.13 bits per heavy atom. The highest BCUT2D eigenvalue weighted by atomic mass is 15.3. The van der Waals surface area contributed by atoms with Gasteiger partial charge in [0.05, 0.1) is 0 Å². The number of nitrogens with zero attached hydrogens (tertiary/aromatic N) is 3. The van der Waals surface area contributed by atoms with Crippen LogP contribution in [0.5, 0.6) is 0 Å². The van der Waals surface area contributed by atoms with E-state index in [-0.39, 0.29) is 5.92 Å². The summed E-state index contributed by atoms with van der Waals surface area (Å²) >= 11 is 0. The standard InChI is InChI=1S/C27H23N3/c1-20-12-14-23(15-13-20)26-28-29-27(30(26)25-10-6-3-7-11-25)24-18-16-22(17-19-24)21-8-4-2-5-9-21/h2-18,24H,19H2,1H3. The second-order valence-electron chi connectivity index (χ2n) is 7.65. The maximum atomic E-state index is 4.65. The first-order valence-corrected chi connectivity index (χ1v) is 10.3. The summed E-state index contributed by atoms with van der Waals surface area (Å²) in [5.74, 6) is 2.03. The molecule has 1 atom stereocenters. The van der Waals surface area contributed by atoms with Gasteiger partial charge in [0.15, 0.2) is 5.82 Å². The van der Waals surface area contributed by atoms with E-state index in [1.54, 1.807) is 0 Å². The topological polar surface area (TPSA) is 30.7 Å². The first-order chi connectivity index (χ1) is 14.8. The molecule has 4 aromatic rings. The van der Waals surface area contributed by atoms with Crippen molar-refractivity contribution in [2.24, 2.45) is 0 Å². The molecule has 0 aliphatic heterocycles. The average molecular weight is 390 g/mol. The van der Waals surface area contributed by atoms with E-state index in [1.165, 1.54) is 16.7 Å². The van der Waals surface area contributed by atoms with Gasteiger partial charge in [0.25, 0.3) is 0 Å². The molecule has 1 unspecified atom stereocenters. The van der Waals surface area contributed by atoms with Crippen molar-refractivity contribution in [1.82, 2.24) is 14.8 Å². The van der Waals surface area contributed by atoms with E-state index in [0.717, 1.165) is 29.3 Å². The zero-order chi connectivity index (χ0) is 20.3. The van der Waals surface area contributed by atoms with Crippen LogP contribution in [0.3, 0.4) is 0 Å². The Morgan fingerprint density at radius 2 is 1.47 bits per heavy atom. The van der Waals surface area contributed by atoms with Crippen molar-refractivity contribution in [2.45, 2.75) is 19.3 Å². The summed E-state index contributed by atoms with van der Waals surface area (Å²) in [7, 11) is 0. The van der Waals surface area contributed by atoms with Crippen LogP contribution in [0.4, 0.5) is 0 Å². The molecule has 1 aromatic heterocycles. The molecule has 5 rings (SSSR count). The van der Waals surface area contributed by atoms with Crippen LogP contribution in [0.15, 0.2) is 103 Å². The lowest BCUT2D eigenvalue weighted by Gasteiger charge is -2.18. The van der Waals surface area contributed by atoms with E-state index in [1.807, 2.05) is 12.1 Å². The fraction of sp³-hybridized carbons (Fsp3) is 0.111. The van der Waals surface area contributed by atoms with E-state index in [9.17, 15) is 0 Å². The summed E-state index contributed by atoms with van der Waals surface area (Å²) in [5.41, 5.74) is 5.90. The molecule has 30 heavy (non-hydrogen) atoms. The number of rotatable bonds is 4. The number of allylic oxidation sites excluding steroid dienone is 4. The van der Waals surface area contributed by atoms with Crippen molar-refractivity contribution in [3.63, 3.8) is 0 Å². The van der Waals surface area contributed by atoms with Gasteiger partial charge in [-0.05, 0) is 36.6 Å². The predicted octanol–water partition coefficient (Wildman–Crippen LogP) is 6.37. The van der Waals surface area contributed by atoms with Crippen LogP contribution in [0.2, 0.25) is 0 Å². The van der Waals surface area contributed by atoms with Crippen LogP contribution in [0, 0.1) is 6.92 Å². The second-order valence-corrected chi connectivity index (χ2v) is 7.65. The van der Waals surface area contributed by atoms with Crippen molar-refractivity contribution < 1.29 is 0 Å². The van der Waals surface area contributed by atoms with Crippen molar-refractivity contribution in [3.8, 4) is 17.1 Å². The maximum absolute atomic E-state index is 4.65. The van der Waals surface area contributed by atoms with Gasteiger partial charge in [0.2, 0.25) is 0 Å². The molecule has 1 aliphatic rings. The normalized spacial score (nSPS) is 15.8. The maximum Gasteiger partial charge on any atom is 0.168 e. The quantitative estimate of drug-likeness (QED) is 0.406. The minimum atomic E-state index is 0.185. The molecule has 0 bridgehead atoms. The van der Waals surface area contributed by atoms with E-state index in [4.69, 9.17) is 0 Å². The van der Waals surface area contributed by atoms with Gasteiger partial charge >= 0.3 is 0 Å². The van der Waals surface area contributed by atoms with E-state index >= 15 is 0 Å². The molecule has 1 aliphatic carbocycles. The lowest BCUT2D eigenvalue weighted by Crippen LogP contribution is -2.08. The van der Waals surface area contributed by atoms with Gasteiger partial charge in [-0.15, -0.1) is 10.2 Å². The van der Waals surface area contributed by atoms with E-state index < -0.39 is 0 Å². The second kappa shape index (κ2) is 7.96. The molecular formula is C27H23N3. The third kappa shape index (κ3) is 3.50. The number of benzene rings is 3. The van der Waals surface area contributed by atoms with Crippen molar-refractivity contribution in [2.75, 3.05) is 0 Å². The Balaban J connectivity index is 1.54. The Bertz CT molecular complexity index is 1200. The fourth-order valence-corrected chi connectivity index (χ4v) is 3.91. The molecule has 0 spiro atoms. The number of para-hydroxylation sites is 1. The first kappa shape index (κ1) is 18.3. The summed E-state index contributed by atoms with van der Waals surface area (Å²) in [6, 6.07) is 29.4. The summed E-state index contributed by atoms with van der Waals surface area (Å²) in [5, 5.41) is 9.25. The van der Waals surface area contributed by atoms with Gasteiger partial charge in [-0.3, -0.25) is 4.57 Å². The van der Waals surface area contributed by atoms with Gasteiger partial charge in [0, 0.05) is 17.2 Å². The Kier molecular flexibility index (Phi) is 4.86. The third-order valence-electron chi connectivity index (χ3n) is 5.55. The largest absolute Gasteiger partial charge is 0.278 e. The monoisotopic (exact) mass is 389 g/mol. The zero-order valence-electron chi connectivity index (χ0n) is 16.9. The summed E-state index contributed by atoms with van der Waals surface area (Å²) < 4.78 is 2.20. The Labute approximate surface area is 177 Å². The van der Waals surface area contributed by atoms with E-state index in [0.29, 0.717) is 0 Å². The molecule has 3 aromatic carbocycles. The Hall–Kier alpha value is -3.72. The zero-order valence-corrected chi connectivity index (χ0v) is 16.9. The van der Waals surface area contributed by atoms with Gasteiger partial charge in [-0.2, -0.15) is 0 Å². The number of aromatic nitrogens is 3. The first-order valence-electron chi connectivity index (χ1n) is 10.3. The van der Waals surface area contributed by atoms with Gasteiger partial charge in [0.1, 0.15) is 5.82 Å². The lowest BCUT2D eigenvalue weighted by molar-refractivity contribution is 0.747. The molecular weight excluding hydrogens is 366 g/mol. The highest BCUT2D eigenvalue weighted by molar-refractivity contribution is 5.75. The third-order valence-corrected chi connectivity index (χ3v) is 5.55. The summed E-state index contributed by atoms with van der Waals surface area (Å²) in [6.45, 7) is 2.10. The van der Waals surface area contributed by atoms with Crippen LogP contribution >= 0.6 is 0 Å². The number of aryl methyl sites for hydroxylation is 1. The minimum absolute atomic E-state index is 0.185. The highest BCUT2D eigenvalue weighted by Crippen LogP contribution is 2.33. The number of hydrogen-bond donors (Lipinski definition) is 0. The van der Waals surface area contributed by atoms with Crippen molar-refractivity contribution >= 4 is 5.57 Å². The molecule has 3 nitrogen and oxygen atoms in total. The van der Waals surface area contributed by atoms with Gasteiger partial charge < -0.3 is 0 Å². The molecule has 0 fully saturated rings. The average Bonchev–Trinajstić information content (AvgIpc) is 3.26. The molecule has 0 amide bonds. The fourth-order valence-electron chi connectivity index (χ4n) is 3.91. The van der Waals surface area contributed by atoms with Gasteiger partial charge in [-0.1, -0.05) is 96.6 Å². The smallest absolute Gasteiger partial charge is 0.168 e. The molecule has 1 heterocycles. The molecule has 3 heteroatoms. The van der Waals surface area contributed by atoms with Crippen LogP contribution in [0.25, 0.3) is 22.6 Å². The summed E-state index contributed by atoms with van der Waals surface area (Å²) in [6.07, 6.45) is 7.67. The van der Waals surface area contributed by atoms with Crippen LogP contribution in [-0.2, 0) is 0 Å². The predicted molar refractivity (Wildman–Crippen MR) is 122 cm³/mol. The molecule has 0 N–H and O–H groups in total. The lowest BCUT2D eigenvalue weighted by atomic mass is 9.92. The number of hydrogen-bond acceptors (Lipinski definition) is 2.